The molecule has 0 amide bonds. The van der Waals surface area contributed by atoms with E-state index in [1.165, 1.54) is 131 Å². The average Bonchev–Trinajstić information content (AvgIpc) is 3.57. The predicted octanol–water partition coefficient (Wildman–Crippen LogP) is 17.6. The molecule has 0 nitrogen and oxygen atoms in total. The highest BCUT2D eigenvalue weighted by molar-refractivity contribution is 6.29. The fourth-order valence-corrected chi connectivity index (χ4v) is 10.9. The van der Waals surface area contributed by atoms with Crippen LogP contribution in [0.3, 0.4) is 0 Å². The third kappa shape index (κ3) is 5.61. The molecule has 0 N–H and O–H groups in total. The molecule has 0 bridgehead atoms. The van der Waals surface area contributed by atoms with Gasteiger partial charge in [0, 0.05) is 5.41 Å². The Kier molecular flexibility index (Phi) is 7.75. The van der Waals surface area contributed by atoms with Crippen molar-refractivity contribution in [3.05, 3.63) is 230 Å². The van der Waals surface area contributed by atoms with Gasteiger partial charge in [-0.05, 0) is 180 Å². The Morgan fingerprint density at radius 1 is 0.238 bits per heavy atom. The van der Waals surface area contributed by atoms with E-state index < -0.39 is 0 Å². The minimum absolute atomic E-state index is 0.0314. The zero-order valence-electron chi connectivity index (χ0n) is 35.3. The van der Waals surface area contributed by atoms with Gasteiger partial charge in [0.1, 0.15) is 0 Å². The molecule has 294 valence electrons. The van der Waals surface area contributed by atoms with Crippen LogP contribution in [0, 0.1) is 0 Å². The van der Waals surface area contributed by atoms with Crippen LogP contribution in [0.5, 0.6) is 0 Å². The summed E-state index contributed by atoms with van der Waals surface area (Å²) in [5, 5.41) is 15.2. The lowest BCUT2D eigenvalue weighted by Gasteiger charge is -2.22. The molecule has 1 aliphatic carbocycles. The van der Waals surface area contributed by atoms with Gasteiger partial charge < -0.3 is 0 Å². The first-order valence-corrected chi connectivity index (χ1v) is 22.1. The number of rotatable bonds is 4. The highest BCUT2D eigenvalue weighted by Crippen LogP contribution is 2.50. The third-order valence-electron chi connectivity index (χ3n) is 14.1. The lowest BCUT2D eigenvalue weighted by atomic mass is 9.81. The van der Waals surface area contributed by atoms with E-state index >= 15 is 0 Å². The Morgan fingerprint density at radius 2 is 0.698 bits per heavy atom. The van der Waals surface area contributed by atoms with Crippen LogP contribution in [0.2, 0.25) is 0 Å². The maximum absolute atomic E-state index is 2.43. The minimum Gasteiger partial charge on any atom is -0.0619 e. The Balaban J connectivity index is 0.973. The number of fused-ring (bicyclic) bond motifs is 12. The SMILES string of the molecule is CC1(C)c2ccccc2-c2ccc(-c3ccc4cc(-c5cc(-c6ccc7ccccc7c6)cc(-c6cc7ccc8ccc9ccccc9c8c7c7ccccc67)c5)ccc4c3)cc21. The van der Waals surface area contributed by atoms with Crippen molar-refractivity contribution in [3.8, 4) is 55.6 Å². The zero-order chi connectivity index (χ0) is 41.8. The number of benzene rings is 12. The lowest BCUT2D eigenvalue weighted by Crippen LogP contribution is -2.14. The zero-order valence-corrected chi connectivity index (χ0v) is 35.3. The van der Waals surface area contributed by atoms with Crippen LogP contribution in [-0.2, 0) is 5.41 Å². The second kappa shape index (κ2) is 13.6. The van der Waals surface area contributed by atoms with Crippen LogP contribution >= 0.6 is 0 Å². The van der Waals surface area contributed by atoms with Gasteiger partial charge in [-0.1, -0.05) is 184 Å². The maximum atomic E-state index is 2.43. The molecule has 0 heteroatoms. The molecular formula is C63H42. The standard InChI is InChI=1S/C63H42/c1-63(2)59-18-10-9-16-55(59)56-30-29-48(38-60(56)63)45-25-24-44-33-47(27-26-43(44)32-45)51-34-50(46-23-19-39-11-3-4-13-42(39)31-46)35-52(36-51)58-37-49-28-22-41-21-20-40-12-5-6-14-53(40)61(41)62(49)57-17-8-7-15-54(57)58/h3-38H,1-2H3. The van der Waals surface area contributed by atoms with E-state index in [2.05, 4.69) is 232 Å². The predicted molar refractivity (Wildman–Crippen MR) is 271 cm³/mol. The van der Waals surface area contributed by atoms with Crippen LogP contribution in [0.1, 0.15) is 25.0 Å². The van der Waals surface area contributed by atoms with Crippen molar-refractivity contribution >= 4 is 64.6 Å². The van der Waals surface area contributed by atoms with E-state index in [1.807, 2.05) is 0 Å². The summed E-state index contributed by atoms with van der Waals surface area (Å²) in [7, 11) is 0. The summed E-state index contributed by atoms with van der Waals surface area (Å²) < 4.78 is 0. The van der Waals surface area contributed by atoms with Crippen LogP contribution in [-0.4, -0.2) is 0 Å². The number of hydrogen-bond donors (Lipinski definition) is 0. The first kappa shape index (κ1) is 35.9. The summed E-state index contributed by atoms with van der Waals surface area (Å²) in [5.74, 6) is 0. The molecule has 12 aromatic rings. The minimum atomic E-state index is -0.0314. The molecule has 12 aromatic carbocycles. The summed E-state index contributed by atoms with van der Waals surface area (Å²) in [4.78, 5) is 0. The Morgan fingerprint density at radius 3 is 1.44 bits per heavy atom. The first-order chi connectivity index (χ1) is 30.9. The Bertz CT molecular complexity index is 3880. The Labute approximate surface area is 367 Å². The van der Waals surface area contributed by atoms with E-state index in [4.69, 9.17) is 0 Å². The van der Waals surface area contributed by atoms with Gasteiger partial charge >= 0.3 is 0 Å². The highest BCUT2D eigenvalue weighted by atomic mass is 14.4. The van der Waals surface area contributed by atoms with Crippen molar-refractivity contribution in [2.45, 2.75) is 19.3 Å². The quantitative estimate of drug-likeness (QED) is 0.156. The van der Waals surface area contributed by atoms with Crippen molar-refractivity contribution in [2.24, 2.45) is 0 Å². The van der Waals surface area contributed by atoms with Crippen molar-refractivity contribution in [2.75, 3.05) is 0 Å². The van der Waals surface area contributed by atoms with Crippen molar-refractivity contribution in [1.82, 2.24) is 0 Å². The summed E-state index contributed by atoms with van der Waals surface area (Å²) >= 11 is 0. The first-order valence-electron chi connectivity index (χ1n) is 22.1. The van der Waals surface area contributed by atoms with Crippen LogP contribution in [0.4, 0.5) is 0 Å². The highest BCUT2D eigenvalue weighted by Gasteiger charge is 2.35. The van der Waals surface area contributed by atoms with E-state index in [0.717, 1.165) is 0 Å². The molecule has 63 heavy (non-hydrogen) atoms. The molecular weight excluding hydrogens is 757 g/mol. The molecule has 0 saturated heterocycles. The molecule has 0 aromatic heterocycles. The summed E-state index contributed by atoms with van der Waals surface area (Å²) in [6.07, 6.45) is 0. The monoisotopic (exact) mass is 798 g/mol. The van der Waals surface area contributed by atoms with Gasteiger partial charge in [-0.25, -0.2) is 0 Å². The smallest absolute Gasteiger partial charge is 0.0159 e. The van der Waals surface area contributed by atoms with Gasteiger partial charge in [-0.2, -0.15) is 0 Å². The largest absolute Gasteiger partial charge is 0.0619 e. The van der Waals surface area contributed by atoms with E-state index in [-0.39, 0.29) is 5.41 Å². The third-order valence-corrected chi connectivity index (χ3v) is 14.1. The maximum Gasteiger partial charge on any atom is 0.0159 e. The van der Waals surface area contributed by atoms with Gasteiger partial charge in [0.05, 0.1) is 0 Å². The number of hydrogen-bond acceptors (Lipinski definition) is 0. The van der Waals surface area contributed by atoms with Crippen LogP contribution in [0.25, 0.3) is 120 Å². The molecule has 0 radical (unpaired) electrons. The molecule has 0 spiro atoms. The second-order valence-electron chi connectivity index (χ2n) is 18.1. The van der Waals surface area contributed by atoms with E-state index in [9.17, 15) is 0 Å². The second-order valence-corrected chi connectivity index (χ2v) is 18.1. The molecule has 0 atom stereocenters. The molecule has 0 heterocycles. The molecule has 0 fully saturated rings. The van der Waals surface area contributed by atoms with Crippen molar-refractivity contribution in [3.63, 3.8) is 0 Å². The van der Waals surface area contributed by atoms with Gasteiger partial charge in [-0.15, -0.1) is 0 Å². The van der Waals surface area contributed by atoms with Gasteiger partial charge in [-0.3, -0.25) is 0 Å². The molecule has 0 unspecified atom stereocenters. The molecule has 13 rings (SSSR count). The summed E-state index contributed by atoms with van der Waals surface area (Å²) in [6, 6.07) is 82.0. The summed E-state index contributed by atoms with van der Waals surface area (Å²) in [6.45, 7) is 4.71. The van der Waals surface area contributed by atoms with Gasteiger partial charge in [0.25, 0.3) is 0 Å². The van der Waals surface area contributed by atoms with Gasteiger partial charge in [0.15, 0.2) is 0 Å². The van der Waals surface area contributed by atoms with Crippen LogP contribution < -0.4 is 0 Å². The normalized spacial score (nSPS) is 13.0. The fraction of sp³-hybridized carbons (Fsp3) is 0.0476. The molecule has 0 saturated carbocycles. The Hall–Kier alpha value is -7.80. The van der Waals surface area contributed by atoms with E-state index in [0.29, 0.717) is 0 Å². The average molecular weight is 799 g/mol. The lowest BCUT2D eigenvalue weighted by molar-refractivity contribution is 0.660. The van der Waals surface area contributed by atoms with Crippen molar-refractivity contribution < 1.29 is 0 Å². The van der Waals surface area contributed by atoms with E-state index in [1.54, 1.807) is 0 Å². The van der Waals surface area contributed by atoms with Gasteiger partial charge in [0.2, 0.25) is 0 Å². The van der Waals surface area contributed by atoms with Crippen LogP contribution in [0.15, 0.2) is 218 Å². The molecule has 1 aliphatic rings. The molecule has 0 aliphatic heterocycles. The fourth-order valence-electron chi connectivity index (χ4n) is 10.9. The summed E-state index contributed by atoms with van der Waals surface area (Å²) in [5.41, 5.74) is 15.3. The topological polar surface area (TPSA) is 0 Å². The van der Waals surface area contributed by atoms with Crippen molar-refractivity contribution in [1.29, 1.82) is 0 Å².